The number of carbonyl (C=O) groups is 2. The highest BCUT2D eigenvalue weighted by Gasteiger charge is 2.34. The number of hydrogen-bond acceptors (Lipinski definition) is 11. The summed E-state index contributed by atoms with van der Waals surface area (Å²) in [5.41, 5.74) is 4.27. The van der Waals surface area contributed by atoms with Crippen LogP contribution in [-0.4, -0.2) is 103 Å². The van der Waals surface area contributed by atoms with Crippen molar-refractivity contribution in [2.24, 2.45) is 0 Å². The first-order valence-corrected chi connectivity index (χ1v) is 24.4. The van der Waals surface area contributed by atoms with Gasteiger partial charge < -0.3 is 29.7 Å². The molecule has 3 N–H and O–H groups in total. The number of anilines is 5. The van der Waals surface area contributed by atoms with Crippen LogP contribution in [0.5, 0.6) is 5.75 Å². The Kier molecular flexibility index (Phi) is 13.4. The number of hydrogen-bond donors (Lipinski definition) is 3. The maximum Gasteiger partial charge on any atom is 0.234 e. The van der Waals surface area contributed by atoms with E-state index in [9.17, 15) is 14.2 Å². The summed E-state index contributed by atoms with van der Waals surface area (Å²) in [6.45, 7) is 8.38. The summed E-state index contributed by atoms with van der Waals surface area (Å²) < 4.78 is 50.6. The molecule has 1 atom stereocenters. The fourth-order valence-electron chi connectivity index (χ4n) is 9.44. The number of rotatable bonds is 13. The van der Waals surface area contributed by atoms with Gasteiger partial charge in [-0.15, -0.1) is 0 Å². The highest BCUT2D eigenvalue weighted by atomic mass is 79.9. The maximum absolute atomic E-state index is 15.1. The number of piperazine rings is 1. The molecule has 16 heteroatoms. The molecular weight excluding hydrogens is 865 g/mol. The lowest BCUT2D eigenvalue weighted by atomic mass is 9.89. The van der Waals surface area contributed by atoms with E-state index < -0.39 is 36.5 Å². The van der Waals surface area contributed by atoms with Crippen LogP contribution in [0.4, 0.5) is 37.6 Å². The second kappa shape index (κ2) is 18.9. The number of para-hydroxylation sites is 1. The van der Waals surface area contributed by atoms with E-state index in [4.69, 9.17) is 9.72 Å². The molecule has 4 aliphatic rings. The summed E-state index contributed by atoms with van der Waals surface area (Å²) in [5, 5.41) is 9.91. The van der Waals surface area contributed by atoms with Crippen LogP contribution in [0.2, 0.25) is 0 Å². The average Bonchev–Trinajstić information content (AvgIpc) is 3.72. The minimum absolute atomic E-state index is 0.0680. The van der Waals surface area contributed by atoms with Gasteiger partial charge >= 0.3 is 0 Å². The second-order valence-electron chi connectivity index (χ2n) is 16.6. The normalized spacial score (nSPS) is 20.1. The number of aromatic nitrogens is 2. The molecule has 12 nitrogen and oxygen atoms in total. The van der Waals surface area contributed by atoms with Crippen LogP contribution in [-0.2, 0) is 27.0 Å². The van der Waals surface area contributed by atoms with Crippen molar-refractivity contribution >= 4 is 69.0 Å². The number of imide groups is 1. The fourth-order valence-corrected chi connectivity index (χ4v) is 12.8. The first kappa shape index (κ1) is 43.2. The first-order valence-electron chi connectivity index (χ1n) is 21.5. The molecular formula is C45H54BrF2N8O4P. The molecule has 4 aliphatic heterocycles. The zero-order valence-electron chi connectivity index (χ0n) is 34.8. The molecule has 0 radical (unpaired) electrons. The largest absolute Gasteiger partial charge is 0.494 e. The third-order valence-corrected chi connectivity index (χ3v) is 16.8. The van der Waals surface area contributed by atoms with Crippen LogP contribution in [0.25, 0.3) is 0 Å². The molecule has 2 amide bonds. The van der Waals surface area contributed by atoms with Crippen LogP contribution in [0.1, 0.15) is 68.1 Å². The predicted molar refractivity (Wildman–Crippen MR) is 240 cm³/mol. The van der Waals surface area contributed by atoms with Crippen LogP contribution < -0.4 is 30.9 Å². The molecule has 8 rings (SSSR count). The third kappa shape index (κ3) is 9.65. The Morgan fingerprint density at radius 2 is 1.66 bits per heavy atom. The number of ether oxygens (including phenoxy) is 1. The van der Waals surface area contributed by atoms with Crippen LogP contribution in [0.15, 0.2) is 59.2 Å². The molecule has 0 bridgehead atoms. The van der Waals surface area contributed by atoms with Gasteiger partial charge in [-0.3, -0.25) is 19.8 Å². The van der Waals surface area contributed by atoms with E-state index in [0.29, 0.717) is 46.6 Å². The number of nitrogens with zero attached hydrogens (tertiary/aromatic N) is 5. The zero-order valence-corrected chi connectivity index (χ0v) is 37.3. The highest BCUT2D eigenvalue weighted by Crippen LogP contribution is 2.52. The SMILES string of the molecule is CCc1cc(Nc2ncc(Br)c(Nc3ccccc3P3(=O)CCCC3)n2)c(OC)cc1N1CCC(N2CCN(CCc3cc(F)c(C4CCC(=O)NC4=O)c(F)c3)CC2)CC1. The molecule has 3 aromatic carbocycles. The second-order valence-corrected chi connectivity index (χ2v) is 20.6. The molecule has 4 fully saturated rings. The van der Waals surface area contributed by atoms with Crippen molar-refractivity contribution in [2.45, 2.75) is 70.3 Å². The number of nitrogens with one attached hydrogen (secondary N) is 3. The lowest BCUT2D eigenvalue weighted by Gasteiger charge is -2.43. The minimum Gasteiger partial charge on any atom is -0.494 e. The van der Waals surface area contributed by atoms with Gasteiger partial charge in [0.1, 0.15) is 30.3 Å². The Hall–Kier alpha value is -4.43. The molecule has 0 aliphatic carbocycles. The summed E-state index contributed by atoms with van der Waals surface area (Å²) >= 11 is 3.61. The molecule has 0 saturated carbocycles. The molecule has 1 unspecified atom stereocenters. The third-order valence-electron chi connectivity index (χ3n) is 12.8. The monoisotopic (exact) mass is 918 g/mol. The van der Waals surface area contributed by atoms with E-state index in [1.165, 1.54) is 23.4 Å². The van der Waals surface area contributed by atoms with Crippen molar-refractivity contribution in [1.82, 2.24) is 25.1 Å². The van der Waals surface area contributed by atoms with Crippen molar-refractivity contribution in [3.63, 3.8) is 0 Å². The zero-order chi connectivity index (χ0) is 42.7. The lowest BCUT2D eigenvalue weighted by molar-refractivity contribution is -0.134. The molecule has 324 valence electrons. The van der Waals surface area contributed by atoms with E-state index >= 15 is 8.78 Å². The van der Waals surface area contributed by atoms with E-state index in [-0.39, 0.29) is 18.4 Å². The summed E-state index contributed by atoms with van der Waals surface area (Å²) in [6.07, 6.45) is 8.78. The number of aryl methyl sites for hydroxylation is 1. The quantitative estimate of drug-likeness (QED) is 0.0901. The molecule has 1 aromatic heterocycles. The van der Waals surface area contributed by atoms with Crippen LogP contribution in [0.3, 0.4) is 0 Å². The van der Waals surface area contributed by atoms with Gasteiger partial charge in [0.2, 0.25) is 17.8 Å². The van der Waals surface area contributed by atoms with Crippen molar-refractivity contribution in [3.8, 4) is 5.75 Å². The summed E-state index contributed by atoms with van der Waals surface area (Å²) in [6, 6.07) is 15.2. The summed E-state index contributed by atoms with van der Waals surface area (Å²) in [7, 11) is -0.766. The number of piperidine rings is 2. The van der Waals surface area contributed by atoms with E-state index in [0.717, 1.165) is 100 Å². The molecule has 4 saturated heterocycles. The van der Waals surface area contributed by atoms with Crippen LogP contribution in [0, 0.1) is 11.6 Å². The Morgan fingerprint density at radius 3 is 2.34 bits per heavy atom. The molecule has 0 spiro atoms. The Morgan fingerprint density at radius 1 is 0.934 bits per heavy atom. The van der Waals surface area contributed by atoms with Gasteiger partial charge in [-0.1, -0.05) is 19.1 Å². The van der Waals surface area contributed by atoms with Gasteiger partial charge in [0, 0.05) is 99.4 Å². The van der Waals surface area contributed by atoms with Crippen molar-refractivity contribution in [3.05, 3.63) is 87.5 Å². The average molecular weight is 920 g/mol. The Bertz CT molecular complexity index is 2290. The van der Waals surface area contributed by atoms with Gasteiger partial charge in [-0.25, -0.2) is 13.8 Å². The Balaban J connectivity index is 0.852. The predicted octanol–water partition coefficient (Wildman–Crippen LogP) is 7.71. The number of amides is 2. The van der Waals surface area contributed by atoms with E-state index in [1.54, 1.807) is 13.3 Å². The summed E-state index contributed by atoms with van der Waals surface area (Å²) in [5.74, 6) is -1.81. The van der Waals surface area contributed by atoms with Gasteiger partial charge in [0.15, 0.2) is 0 Å². The highest BCUT2D eigenvalue weighted by molar-refractivity contribution is 9.10. The number of carbonyl (C=O) groups excluding carboxylic acids is 2. The van der Waals surface area contributed by atoms with Gasteiger partial charge in [0.25, 0.3) is 0 Å². The van der Waals surface area contributed by atoms with Crippen LogP contribution >= 0.6 is 23.1 Å². The van der Waals surface area contributed by atoms with Crippen molar-refractivity contribution < 1.29 is 27.7 Å². The number of benzene rings is 3. The van der Waals surface area contributed by atoms with Crippen molar-refractivity contribution in [2.75, 3.05) is 80.8 Å². The molecule has 61 heavy (non-hydrogen) atoms. The number of halogens is 3. The maximum atomic E-state index is 15.1. The topological polar surface area (TPSA) is 132 Å². The first-order chi connectivity index (χ1) is 29.5. The summed E-state index contributed by atoms with van der Waals surface area (Å²) in [4.78, 5) is 40.5. The Labute approximate surface area is 364 Å². The van der Waals surface area contributed by atoms with E-state index in [1.807, 2.05) is 24.3 Å². The van der Waals surface area contributed by atoms with Gasteiger partial charge in [-0.05, 0) is 102 Å². The van der Waals surface area contributed by atoms with E-state index in [2.05, 4.69) is 70.6 Å². The van der Waals surface area contributed by atoms with Gasteiger partial charge in [-0.2, -0.15) is 4.98 Å². The number of methoxy groups -OCH3 is 1. The fraction of sp³-hybridized carbons (Fsp3) is 0.467. The minimum atomic E-state index is -2.44. The molecule has 4 aromatic rings. The standard InChI is InChI=1S/C45H54BrF2N8O4P/c1-3-30-26-37(51-45-49-28-33(46)43(53-45)50-36-8-4-5-9-40(36)61(59)22-6-7-23-61)39(60-2)27-38(30)56-16-13-31(14-17-56)55-20-18-54(19-21-55)15-12-29-24-34(47)42(35(48)25-29)32-10-11-41(57)52-44(32)58/h4-5,8-9,24-28,31-32H,3,6-7,10-23H2,1-2H3,(H,52,57,58)(H2,49,50,51,53). The van der Waals surface area contributed by atoms with Crippen molar-refractivity contribution in [1.29, 1.82) is 0 Å². The van der Waals surface area contributed by atoms with Gasteiger partial charge in [0.05, 0.1) is 28.9 Å². The smallest absolute Gasteiger partial charge is 0.234 e. The lowest BCUT2D eigenvalue weighted by Crippen LogP contribution is -2.53. The molecule has 5 heterocycles.